The molecule has 2 aromatic carbocycles. The van der Waals surface area contributed by atoms with E-state index in [-0.39, 0.29) is 6.10 Å². The van der Waals surface area contributed by atoms with Gasteiger partial charge in [0.05, 0.1) is 39.9 Å². The first kappa shape index (κ1) is 22.7. The molecule has 6 rings (SSSR count). The second kappa shape index (κ2) is 9.36. The predicted octanol–water partition coefficient (Wildman–Crippen LogP) is 4.87. The molecule has 5 aromatic rings. The van der Waals surface area contributed by atoms with E-state index < -0.39 is 0 Å². The fourth-order valence-electron chi connectivity index (χ4n) is 4.65. The molecule has 0 amide bonds. The summed E-state index contributed by atoms with van der Waals surface area (Å²) in [5, 5.41) is 8.98. The molecule has 10 heteroatoms. The van der Waals surface area contributed by atoms with Crippen molar-refractivity contribution in [3.8, 4) is 22.8 Å². The number of anilines is 2. The van der Waals surface area contributed by atoms with Gasteiger partial charge in [0.2, 0.25) is 0 Å². The number of piperidine rings is 1. The molecule has 36 heavy (non-hydrogen) atoms. The van der Waals surface area contributed by atoms with Crippen molar-refractivity contribution in [2.45, 2.75) is 18.9 Å². The third-order valence-electron chi connectivity index (χ3n) is 6.54. The van der Waals surface area contributed by atoms with E-state index in [1.807, 2.05) is 43.0 Å². The minimum Gasteiger partial charge on any atom is -0.493 e. The molecule has 0 bridgehead atoms. The van der Waals surface area contributed by atoms with Gasteiger partial charge in [-0.25, -0.2) is 15.0 Å². The maximum Gasteiger partial charge on any atom is 0.164 e. The number of thiazole rings is 1. The summed E-state index contributed by atoms with van der Waals surface area (Å²) in [5.41, 5.74) is 6.19. The van der Waals surface area contributed by atoms with Gasteiger partial charge in [0, 0.05) is 31.4 Å². The van der Waals surface area contributed by atoms with Crippen LogP contribution >= 0.6 is 11.3 Å². The molecule has 1 fully saturated rings. The number of ether oxygens (including phenoxy) is 2. The van der Waals surface area contributed by atoms with Gasteiger partial charge >= 0.3 is 0 Å². The molecule has 0 unspecified atom stereocenters. The Balaban J connectivity index is 1.46. The first-order chi connectivity index (χ1) is 17.6. The Hall–Kier alpha value is -3.76. The maximum absolute atomic E-state index is 6.67. The summed E-state index contributed by atoms with van der Waals surface area (Å²) in [5.74, 6) is 2.14. The van der Waals surface area contributed by atoms with Gasteiger partial charge in [-0.05, 0) is 50.2 Å². The molecule has 1 saturated heterocycles. The molecule has 0 atom stereocenters. The Kier molecular flexibility index (Phi) is 5.90. The summed E-state index contributed by atoms with van der Waals surface area (Å²) >= 11 is 1.61. The van der Waals surface area contributed by atoms with Gasteiger partial charge in [-0.2, -0.15) is 5.10 Å². The highest BCUT2D eigenvalue weighted by molar-refractivity contribution is 7.16. The monoisotopic (exact) mass is 501 g/mol. The summed E-state index contributed by atoms with van der Waals surface area (Å²) in [4.78, 5) is 15.9. The van der Waals surface area contributed by atoms with Crippen LogP contribution in [-0.4, -0.2) is 63.0 Å². The van der Waals surface area contributed by atoms with Crippen LogP contribution in [0.15, 0.2) is 48.4 Å². The molecule has 1 N–H and O–H groups in total. The van der Waals surface area contributed by atoms with Gasteiger partial charge < -0.3 is 19.7 Å². The lowest BCUT2D eigenvalue weighted by Crippen LogP contribution is -2.35. The Bertz CT molecular complexity index is 1540. The van der Waals surface area contributed by atoms with E-state index >= 15 is 0 Å². The molecule has 0 radical (unpaired) electrons. The maximum atomic E-state index is 6.67. The largest absolute Gasteiger partial charge is 0.493 e. The zero-order chi connectivity index (χ0) is 24.6. The van der Waals surface area contributed by atoms with Gasteiger partial charge in [0.15, 0.2) is 5.75 Å². The zero-order valence-corrected chi connectivity index (χ0v) is 21.2. The average Bonchev–Trinajstić information content (AvgIpc) is 3.51. The summed E-state index contributed by atoms with van der Waals surface area (Å²) in [6.45, 7) is 2.01. The lowest BCUT2D eigenvalue weighted by molar-refractivity contribution is 0.116. The molecule has 184 valence electrons. The number of hydrogen-bond acceptors (Lipinski definition) is 9. The molecule has 0 spiro atoms. The predicted molar refractivity (Wildman–Crippen MR) is 142 cm³/mol. The lowest BCUT2D eigenvalue weighted by atomic mass is 10.1. The van der Waals surface area contributed by atoms with Crippen LogP contribution < -0.4 is 14.8 Å². The van der Waals surface area contributed by atoms with Crippen LogP contribution in [0.3, 0.4) is 0 Å². The minimum atomic E-state index is 0.117. The summed E-state index contributed by atoms with van der Waals surface area (Å²) < 4.78 is 15.1. The van der Waals surface area contributed by atoms with Crippen LogP contribution in [0.4, 0.5) is 11.5 Å². The van der Waals surface area contributed by atoms with Crippen LogP contribution in [0.2, 0.25) is 0 Å². The van der Waals surface area contributed by atoms with Crippen molar-refractivity contribution in [3.05, 3.63) is 48.4 Å². The number of aryl methyl sites for hydroxylation is 1. The van der Waals surface area contributed by atoms with Crippen LogP contribution in [-0.2, 0) is 7.05 Å². The molecular weight excluding hydrogens is 474 g/mol. The first-order valence-electron chi connectivity index (χ1n) is 11.9. The Labute approximate surface area is 212 Å². The smallest absolute Gasteiger partial charge is 0.164 e. The molecule has 4 heterocycles. The SMILES string of the molecule is COc1cn(C)nc1-c1cc(OC2CCN(C)CC2)c2c(Nc3ccc4ncsc4c3)ncnc2c1. The van der Waals surface area contributed by atoms with E-state index in [0.717, 1.165) is 69.7 Å². The first-order valence-corrected chi connectivity index (χ1v) is 12.8. The molecule has 9 nitrogen and oxygen atoms in total. The van der Waals surface area contributed by atoms with Crippen molar-refractivity contribution in [3.63, 3.8) is 0 Å². The van der Waals surface area contributed by atoms with Gasteiger partial charge in [-0.15, -0.1) is 11.3 Å². The van der Waals surface area contributed by atoms with Crippen LogP contribution in [0.25, 0.3) is 32.4 Å². The number of hydrogen-bond donors (Lipinski definition) is 1. The quantitative estimate of drug-likeness (QED) is 0.353. The second-order valence-corrected chi connectivity index (χ2v) is 9.98. The Morgan fingerprint density at radius 2 is 1.86 bits per heavy atom. The lowest BCUT2D eigenvalue weighted by Gasteiger charge is -2.30. The summed E-state index contributed by atoms with van der Waals surface area (Å²) in [7, 11) is 5.68. The molecule has 0 aliphatic carbocycles. The van der Waals surface area contributed by atoms with Gasteiger partial charge in [0.1, 0.15) is 29.7 Å². The van der Waals surface area contributed by atoms with Crippen LogP contribution in [0, 0.1) is 0 Å². The molecule has 0 saturated carbocycles. The van der Waals surface area contributed by atoms with Gasteiger partial charge in [-0.1, -0.05) is 0 Å². The van der Waals surface area contributed by atoms with Crippen molar-refractivity contribution >= 4 is 44.0 Å². The van der Waals surface area contributed by atoms with E-state index in [9.17, 15) is 0 Å². The van der Waals surface area contributed by atoms with Crippen molar-refractivity contribution in [2.75, 3.05) is 32.6 Å². The number of rotatable bonds is 6. The van der Waals surface area contributed by atoms with E-state index in [0.29, 0.717) is 11.6 Å². The van der Waals surface area contributed by atoms with Crippen LogP contribution in [0.5, 0.6) is 11.5 Å². The van der Waals surface area contributed by atoms with Crippen molar-refractivity contribution in [1.82, 2.24) is 29.6 Å². The van der Waals surface area contributed by atoms with E-state index in [1.165, 1.54) is 0 Å². The van der Waals surface area contributed by atoms with Crippen molar-refractivity contribution in [1.29, 1.82) is 0 Å². The number of nitrogens with zero attached hydrogens (tertiary/aromatic N) is 6. The van der Waals surface area contributed by atoms with E-state index in [1.54, 1.807) is 29.5 Å². The third-order valence-corrected chi connectivity index (χ3v) is 7.34. The number of likely N-dealkylation sites (tertiary alicyclic amines) is 1. The highest BCUT2D eigenvalue weighted by Gasteiger charge is 2.22. The highest BCUT2D eigenvalue weighted by atomic mass is 32.1. The standard InChI is InChI=1S/C26H27N7O2S/c1-32-8-6-18(7-9-32)35-21-11-16(25-22(34-3)13-33(2)31-25)10-20-24(21)26(28-14-27-20)30-17-4-5-19-23(12-17)36-15-29-19/h4-5,10-15,18H,6-9H2,1-3H3,(H,27,28,30). The minimum absolute atomic E-state index is 0.117. The molecule has 1 aliphatic rings. The van der Waals surface area contributed by atoms with Crippen LogP contribution in [0.1, 0.15) is 12.8 Å². The third kappa shape index (κ3) is 4.33. The number of methoxy groups -OCH3 is 1. The topological polar surface area (TPSA) is 90.2 Å². The number of fused-ring (bicyclic) bond motifs is 2. The van der Waals surface area contributed by atoms with E-state index in [4.69, 9.17) is 9.47 Å². The zero-order valence-electron chi connectivity index (χ0n) is 20.4. The number of aromatic nitrogens is 5. The second-order valence-electron chi connectivity index (χ2n) is 9.09. The Morgan fingerprint density at radius 3 is 2.69 bits per heavy atom. The fraction of sp³-hybridized carbons (Fsp3) is 0.308. The van der Waals surface area contributed by atoms with Gasteiger partial charge in [0.25, 0.3) is 0 Å². The average molecular weight is 502 g/mol. The highest BCUT2D eigenvalue weighted by Crippen LogP contribution is 2.39. The number of nitrogens with one attached hydrogen (secondary N) is 1. The van der Waals surface area contributed by atoms with Crippen molar-refractivity contribution < 1.29 is 9.47 Å². The Morgan fingerprint density at radius 1 is 1.00 bits per heavy atom. The molecular formula is C26H27N7O2S. The van der Waals surface area contributed by atoms with Crippen molar-refractivity contribution in [2.24, 2.45) is 7.05 Å². The van der Waals surface area contributed by atoms with E-state index in [2.05, 4.69) is 43.4 Å². The van der Waals surface area contributed by atoms with Gasteiger partial charge in [-0.3, -0.25) is 4.68 Å². The normalized spacial score (nSPS) is 15.0. The summed E-state index contributed by atoms with van der Waals surface area (Å²) in [6.07, 6.45) is 5.49. The number of benzene rings is 2. The summed E-state index contributed by atoms with van der Waals surface area (Å²) in [6, 6.07) is 10.2. The molecule has 3 aromatic heterocycles. The molecule has 1 aliphatic heterocycles. The fourth-order valence-corrected chi connectivity index (χ4v) is 5.36.